The standard InChI is InChI=1S/C6H16O4Si/c1-6(2)8-10-11(4,5)9-7-3/h6H,1-5H3. The van der Waals surface area contributed by atoms with Gasteiger partial charge in [0, 0.05) is 0 Å². The average molecular weight is 180 g/mol. The molecule has 0 rings (SSSR count). The van der Waals surface area contributed by atoms with Crippen LogP contribution in [-0.4, -0.2) is 21.8 Å². The van der Waals surface area contributed by atoms with Crippen LogP contribution in [-0.2, 0) is 18.9 Å². The van der Waals surface area contributed by atoms with E-state index in [1.165, 1.54) is 7.11 Å². The summed E-state index contributed by atoms with van der Waals surface area (Å²) in [6.07, 6.45) is 0.0437. The maximum atomic E-state index is 5.02. The molecule has 4 nitrogen and oxygen atoms in total. The van der Waals surface area contributed by atoms with Gasteiger partial charge < -0.3 is 0 Å². The van der Waals surface area contributed by atoms with E-state index in [4.69, 9.17) is 14.0 Å². The summed E-state index contributed by atoms with van der Waals surface area (Å²) >= 11 is 0. The Morgan fingerprint density at radius 2 is 1.64 bits per heavy atom. The maximum Gasteiger partial charge on any atom is 0.403 e. The summed E-state index contributed by atoms with van der Waals surface area (Å²) in [5, 5.41) is 0. The van der Waals surface area contributed by atoms with Gasteiger partial charge in [0.1, 0.15) is 0 Å². The highest BCUT2D eigenvalue weighted by Crippen LogP contribution is 2.07. The summed E-state index contributed by atoms with van der Waals surface area (Å²) in [4.78, 5) is 9.41. The molecule has 0 bridgehead atoms. The number of hydrogen-bond donors (Lipinski definition) is 0. The lowest BCUT2D eigenvalue weighted by Gasteiger charge is -2.19. The van der Waals surface area contributed by atoms with Crippen LogP contribution < -0.4 is 0 Å². The Kier molecular flexibility index (Phi) is 4.86. The minimum atomic E-state index is -2.21. The minimum absolute atomic E-state index is 0.0437. The molecule has 0 atom stereocenters. The van der Waals surface area contributed by atoms with E-state index in [9.17, 15) is 0 Å². The van der Waals surface area contributed by atoms with Gasteiger partial charge >= 0.3 is 8.56 Å². The highest BCUT2D eigenvalue weighted by Gasteiger charge is 2.28. The molecule has 0 unspecified atom stereocenters. The van der Waals surface area contributed by atoms with Crippen molar-refractivity contribution in [3.8, 4) is 0 Å². The first-order valence-corrected chi connectivity index (χ1v) is 6.36. The van der Waals surface area contributed by atoms with Crippen molar-refractivity contribution in [2.45, 2.75) is 33.0 Å². The molecule has 0 amide bonds. The monoisotopic (exact) mass is 180 g/mol. The second-order valence-electron chi connectivity index (χ2n) is 2.88. The van der Waals surface area contributed by atoms with Gasteiger partial charge in [0.2, 0.25) is 0 Å². The second kappa shape index (κ2) is 4.84. The summed E-state index contributed by atoms with van der Waals surface area (Å²) < 4.78 is 9.89. The van der Waals surface area contributed by atoms with Crippen LogP contribution in [0.15, 0.2) is 0 Å². The average Bonchev–Trinajstić information content (AvgIpc) is 1.84. The molecular weight excluding hydrogens is 164 g/mol. The quantitative estimate of drug-likeness (QED) is 0.366. The first-order valence-electron chi connectivity index (χ1n) is 3.54. The van der Waals surface area contributed by atoms with Crippen LogP contribution in [0.1, 0.15) is 13.8 Å². The van der Waals surface area contributed by atoms with Gasteiger partial charge in [-0.05, 0) is 26.9 Å². The zero-order chi connectivity index (χ0) is 8.91. The summed E-state index contributed by atoms with van der Waals surface area (Å²) in [6.45, 7) is 7.44. The van der Waals surface area contributed by atoms with E-state index in [1.54, 1.807) is 0 Å². The fourth-order valence-electron chi connectivity index (χ4n) is 0.427. The highest BCUT2D eigenvalue weighted by atomic mass is 28.4. The van der Waals surface area contributed by atoms with Gasteiger partial charge in [-0.1, -0.05) is 0 Å². The Hall–Kier alpha value is 0.0569. The molecule has 0 spiro atoms. The molecular formula is C6H16O4Si. The van der Waals surface area contributed by atoms with Gasteiger partial charge in [0.25, 0.3) is 0 Å². The van der Waals surface area contributed by atoms with Crippen molar-refractivity contribution in [2.75, 3.05) is 7.11 Å². The van der Waals surface area contributed by atoms with E-state index < -0.39 is 8.56 Å². The van der Waals surface area contributed by atoms with Gasteiger partial charge in [-0.15, -0.1) is 0 Å². The Bertz CT molecular complexity index is 105. The zero-order valence-electron chi connectivity index (χ0n) is 7.71. The van der Waals surface area contributed by atoms with Crippen LogP contribution in [0.2, 0.25) is 13.1 Å². The van der Waals surface area contributed by atoms with Gasteiger partial charge in [-0.25, -0.2) is 18.9 Å². The Balaban J connectivity index is 3.54. The van der Waals surface area contributed by atoms with E-state index in [1.807, 2.05) is 26.9 Å². The van der Waals surface area contributed by atoms with E-state index >= 15 is 0 Å². The molecule has 0 aliphatic heterocycles. The molecule has 0 saturated carbocycles. The molecule has 0 aliphatic carbocycles. The van der Waals surface area contributed by atoms with Crippen LogP contribution in [0.3, 0.4) is 0 Å². The molecule has 0 heterocycles. The fraction of sp³-hybridized carbons (Fsp3) is 1.00. The van der Waals surface area contributed by atoms with E-state index in [2.05, 4.69) is 4.89 Å². The van der Waals surface area contributed by atoms with Gasteiger partial charge in [0.15, 0.2) is 0 Å². The van der Waals surface area contributed by atoms with Crippen LogP contribution >= 0.6 is 0 Å². The first-order chi connectivity index (χ1) is 4.98. The molecule has 0 aromatic heterocycles. The third-order valence-electron chi connectivity index (χ3n) is 0.725. The third kappa shape index (κ3) is 6.45. The highest BCUT2D eigenvalue weighted by molar-refractivity contribution is 6.64. The second-order valence-corrected chi connectivity index (χ2v) is 6.01. The Labute approximate surface area is 68.5 Å². The van der Waals surface area contributed by atoms with Gasteiger partial charge in [0.05, 0.1) is 13.2 Å². The lowest BCUT2D eigenvalue weighted by molar-refractivity contribution is -0.295. The van der Waals surface area contributed by atoms with Crippen molar-refractivity contribution < 1.29 is 18.9 Å². The summed E-state index contributed by atoms with van der Waals surface area (Å²) in [6, 6.07) is 0. The molecule has 0 aliphatic rings. The van der Waals surface area contributed by atoms with Crippen molar-refractivity contribution in [2.24, 2.45) is 0 Å². The Morgan fingerprint density at radius 3 is 2.00 bits per heavy atom. The minimum Gasteiger partial charge on any atom is -0.249 e. The van der Waals surface area contributed by atoms with Crippen molar-refractivity contribution in [3.05, 3.63) is 0 Å². The Morgan fingerprint density at radius 1 is 1.09 bits per heavy atom. The molecule has 68 valence electrons. The molecule has 0 radical (unpaired) electrons. The molecule has 0 aromatic carbocycles. The number of hydrogen-bond acceptors (Lipinski definition) is 4. The van der Waals surface area contributed by atoms with Crippen molar-refractivity contribution in [1.82, 2.24) is 0 Å². The smallest absolute Gasteiger partial charge is 0.249 e. The maximum absolute atomic E-state index is 5.02. The largest absolute Gasteiger partial charge is 0.403 e. The van der Waals surface area contributed by atoms with Crippen LogP contribution in [0.4, 0.5) is 0 Å². The van der Waals surface area contributed by atoms with Crippen molar-refractivity contribution in [3.63, 3.8) is 0 Å². The van der Waals surface area contributed by atoms with Crippen molar-refractivity contribution >= 4 is 8.56 Å². The summed E-state index contributed by atoms with van der Waals surface area (Å²) in [5.41, 5.74) is 0. The molecule has 11 heavy (non-hydrogen) atoms. The van der Waals surface area contributed by atoms with E-state index in [0.717, 1.165) is 0 Å². The molecule has 5 heteroatoms. The number of rotatable bonds is 5. The van der Waals surface area contributed by atoms with Crippen molar-refractivity contribution in [1.29, 1.82) is 0 Å². The predicted molar refractivity (Wildman–Crippen MR) is 42.9 cm³/mol. The summed E-state index contributed by atoms with van der Waals surface area (Å²) in [7, 11) is -0.759. The SMILES string of the molecule is COO[Si](C)(C)OOC(C)C. The van der Waals surface area contributed by atoms with Crippen LogP contribution in [0, 0.1) is 0 Å². The molecule has 0 saturated heterocycles. The topological polar surface area (TPSA) is 36.9 Å². The lowest BCUT2D eigenvalue weighted by atomic mass is 10.5. The van der Waals surface area contributed by atoms with Gasteiger partial charge in [-0.3, -0.25) is 0 Å². The zero-order valence-corrected chi connectivity index (χ0v) is 8.71. The van der Waals surface area contributed by atoms with E-state index in [-0.39, 0.29) is 6.10 Å². The lowest BCUT2D eigenvalue weighted by Crippen LogP contribution is -2.35. The van der Waals surface area contributed by atoms with E-state index in [0.29, 0.717) is 0 Å². The first kappa shape index (κ1) is 11.1. The van der Waals surface area contributed by atoms with Gasteiger partial charge in [-0.2, -0.15) is 0 Å². The van der Waals surface area contributed by atoms with Crippen LogP contribution in [0.5, 0.6) is 0 Å². The third-order valence-corrected chi connectivity index (χ3v) is 1.79. The van der Waals surface area contributed by atoms with Crippen LogP contribution in [0.25, 0.3) is 0 Å². The predicted octanol–water partition coefficient (Wildman–Crippen LogP) is 1.62. The molecule has 0 N–H and O–H groups in total. The normalized spacial score (nSPS) is 12.5. The summed E-state index contributed by atoms with van der Waals surface area (Å²) in [5.74, 6) is 0. The molecule has 0 aromatic rings. The molecule has 0 fully saturated rings. The fourth-order valence-corrected chi connectivity index (χ4v) is 1.28.